The zero-order valence-corrected chi connectivity index (χ0v) is 10.7. The third-order valence-corrected chi connectivity index (χ3v) is 3.67. The highest BCUT2D eigenvalue weighted by molar-refractivity contribution is 4.93. The number of allylic oxidation sites excluding steroid dienone is 2. The van der Waals surface area contributed by atoms with Crippen molar-refractivity contribution in [2.24, 2.45) is 5.92 Å². The summed E-state index contributed by atoms with van der Waals surface area (Å²) in [5.41, 5.74) is 0. The SMILES string of the molecule is CC1CN(CCC2C=CCCC2)CC(C)O1. The summed E-state index contributed by atoms with van der Waals surface area (Å²) in [6, 6.07) is 0. The minimum absolute atomic E-state index is 0.408. The summed E-state index contributed by atoms with van der Waals surface area (Å²) < 4.78 is 5.75. The molecular weight excluding hydrogens is 198 g/mol. The smallest absolute Gasteiger partial charge is 0.0678 e. The van der Waals surface area contributed by atoms with Crippen molar-refractivity contribution >= 4 is 0 Å². The molecule has 0 bridgehead atoms. The van der Waals surface area contributed by atoms with Gasteiger partial charge in [0.2, 0.25) is 0 Å². The number of hydrogen-bond donors (Lipinski definition) is 0. The average Bonchev–Trinajstić information content (AvgIpc) is 2.27. The fourth-order valence-electron chi connectivity index (χ4n) is 2.94. The summed E-state index contributed by atoms with van der Waals surface area (Å²) in [5.74, 6) is 0.835. The van der Waals surface area contributed by atoms with Crippen LogP contribution in [0.4, 0.5) is 0 Å². The van der Waals surface area contributed by atoms with Crippen LogP contribution in [0.3, 0.4) is 0 Å². The fraction of sp³-hybridized carbons (Fsp3) is 0.857. The lowest BCUT2D eigenvalue weighted by Crippen LogP contribution is -2.45. The van der Waals surface area contributed by atoms with Crippen molar-refractivity contribution in [3.05, 3.63) is 12.2 Å². The lowest BCUT2D eigenvalue weighted by atomic mass is 9.93. The van der Waals surface area contributed by atoms with Gasteiger partial charge in [0.05, 0.1) is 12.2 Å². The Kier molecular flexibility index (Phi) is 4.42. The molecule has 1 heterocycles. The molecule has 1 aliphatic heterocycles. The number of hydrogen-bond acceptors (Lipinski definition) is 2. The van der Waals surface area contributed by atoms with Crippen LogP contribution in [0.15, 0.2) is 12.2 Å². The van der Waals surface area contributed by atoms with Crippen molar-refractivity contribution in [2.45, 2.75) is 51.7 Å². The molecule has 0 aromatic rings. The Hall–Kier alpha value is -0.340. The highest BCUT2D eigenvalue weighted by atomic mass is 16.5. The van der Waals surface area contributed by atoms with E-state index >= 15 is 0 Å². The lowest BCUT2D eigenvalue weighted by Gasteiger charge is -2.36. The van der Waals surface area contributed by atoms with Crippen molar-refractivity contribution in [1.82, 2.24) is 4.90 Å². The summed E-state index contributed by atoms with van der Waals surface area (Å²) >= 11 is 0. The molecular formula is C14H25NO. The molecule has 0 saturated carbocycles. The van der Waals surface area contributed by atoms with Gasteiger partial charge >= 0.3 is 0 Å². The highest BCUT2D eigenvalue weighted by Crippen LogP contribution is 2.21. The van der Waals surface area contributed by atoms with Gasteiger partial charge in [0.15, 0.2) is 0 Å². The zero-order valence-electron chi connectivity index (χ0n) is 10.7. The molecule has 92 valence electrons. The van der Waals surface area contributed by atoms with Gasteiger partial charge in [-0.2, -0.15) is 0 Å². The molecule has 0 N–H and O–H groups in total. The van der Waals surface area contributed by atoms with Crippen molar-refractivity contribution in [2.75, 3.05) is 19.6 Å². The van der Waals surface area contributed by atoms with Crippen LogP contribution in [-0.4, -0.2) is 36.7 Å². The molecule has 3 unspecified atom stereocenters. The molecule has 1 fully saturated rings. The Balaban J connectivity index is 1.72. The maximum atomic E-state index is 5.75. The lowest BCUT2D eigenvalue weighted by molar-refractivity contribution is -0.0687. The van der Waals surface area contributed by atoms with E-state index in [1.54, 1.807) is 0 Å². The van der Waals surface area contributed by atoms with Crippen LogP contribution < -0.4 is 0 Å². The molecule has 2 heteroatoms. The van der Waals surface area contributed by atoms with Crippen LogP contribution in [0.25, 0.3) is 0 Å². The van der Waals surface area contributed by atoms with Crippen LogP contribution in [-0.2, 0) is 4.74 Å². The summed E-state index contributed by atoms with van der Waals surface area (Å²) in [6.07, 6.45) is 11.0. The molecule has 0 radical (unpaired) electrons. The predicted molar refractivity (Wildman–Crippen MR) is 67.5 cm³/mol. The van der Waals surface area contributed by atoms with Crippen LogP contribution >= 0.6 is 0 Å². The average molecular weight is 223 g/mol. The summed E-state index contributed by atoms with van der Waals surface area (Å²) in [7, 11) is 0. The monoisotopic (exact) mass is 223 g/mol. The van der Waals surface area contributed by atoms with E-state index in [0.29, 0.717) is 12.2 Å². The third-order valence-electron chi connectivity index (χ3n) is 3.67. The van der Waals surface area contributed by atoms with Gasteiger partial charge < -0.3 is 4.74 Å². The minimum Gasteiger partial charge on any atom is -0.373 e. The van der Waals surface area contributed by atoms with Crippen molar-refractivity contribution in [3.63, 3.8) is 0 Å². The van der Waals surface area contributed by atoms with Crippen LogP contribution in [0, 0.1) is 5.92 Å². The molecule has 2 nitrogen and oxygen atoms in total. The Labute approximate surface area is 99.7 Å². The second-order valence-corrected chi connectivity index (χ2v) is 5.42. The zero-order chi connectivity index (χ0) is 11.4. The molecule has 0 aromatic carbocycles. The number of rotatable bonds is 3. The first-order valence-corrected chi connectivity index (χ1v) is 6.78. The van der Waals surface area contributed by atoms with Crippen LogP contribution in [0.5, 0.6) is 0 Å². The molecule has 3 atom stereocenters. The first kappa shape index (κ1) is 12.1. The molecule has 0 amide bonds. The van der Waals surface area contributed by atoms with Gasteiger partial charge in [0.25, 0.3) is 0 Å². The van der Waals surface area contributed by atoms with Crippen molar-refractivity contribution in [1.29, 1.82) is 0 Å². The molecule has 2 aliphatic rings. The van der Waals surface area contributed by atoms with E-state index < -0.39 is 0 Å². The van der Waals surface area contributed by atoms with E-state index in [4.69, 9.17) is 4.74 Å². The van der Waals surface area contributed by atoms with Crippen molar-refractivity contribution < 1.29 is 4.74 Å². The maximum absolute atomic E-state index is 5.75. The van der Waals surface area contributed by atoms with Crippen LogP contribution in [0.2, 0.25) is 0 Å². The van der Waals surface area contributed by atoms with E-state index in [1.807, 2.05) is 0 Å². The standard InChI is InChI=1S/C14H25NO/c1-12-10-15(11-13(2)16-12)9-8-14-6-4-3-5-7-14/h4,6,12-14H,3,5,7-11H2,1-2H3. The van der Waals surface area contributed by atoms with Gasteiger partial charge in [0.1, 0.15) is 0 Å². The molecule has 2 rings (SSSR count). The first-order chi connectivity index (χ1) is 7.74. The molecule has 0 aromatic heterocycles. The molecule has 1 aliphatic carbocycles. The summed E-state index contributed by atoms with van der Waals surface area (Å²) in [4.78, 5) is 2.57. The Bertz CT molecular complexity index is 229. The number of morpholine rings is 1. The van der Waals surface area contributed by atoms with Gasteiger partial charge in [-0.1, -0.05) is 12.2 Å². The Morgan fingerprint density at radius 2 is 2.00 bits per heavy atom. The fourth-order valence-corrected chi connectivity index (χ4v) is 2.94. The second-order valence-electron chi connectivity index (χ2n) is 5.42. The van der Waals surface area contributed by atoms with Gasteiger partial charge in [-0.25, -0.2) is 0 Å². The molecule has 16 heavy (non-hydrogen) atoms. The Morgan fingerprint density at radius 1 is 1.25 bits per heavy atom. The third kappa shape index (κ3) is 3.60. The number of ether oxygens (including phenoxy) is 1. The maximum Gasteiger partial charge on any atom is 0.0678 e. The quantitative estimate of drug-likeness (QED) is 0.682. The summed E-state index contributed by atoms with van der Waals surface area (Å²) in [5, 5.41) is 0. The van der Waals surface area contributed by atoms with Gasteiger partial charge in [0, 0.05) is 13.1 Å². The largest absolute Gasteiger partial charge is 0.373 e. The topological polar surface area (TPSA) is 12.5 Å². The normalized spacial score (nSPS) is 36.5. The van der Waals surface area contributed by atoms with Gasteiger partial charge in [-0.15, -0.1) is 0 Å². The van der Waals surface area contributed by atoms with E-state index in [2.05, 4.69) is 30.9 Å². The Morgan fingerprint density at radius 3 is 2.62 bits per heavy atom. The van der Waals surface area contributed by atoms with E-state index in [0.717, 1.165) is 19.0 Å². The number of nitrogens with zero attached hydrogens (tertiary/aromatic N) is 1. The molecule has 0 spiro atoms. The minimum atomic E-state index is 0.408. The van der Waals surface area contributed by atoms with Crippen molar-refractivity contribution in [3.8, 4) is 0 Å². The van der Waals surface area contributed by atoms with Gasteiger partial charge in [-0.3, -0.25) is 4.90 Å². The summed E-state index contributed by atoms with van der Waals surface area (Å²) in [6.45, 7) is 7.83. The first-order valence-electron chi connectivity index (χ1n) is 6.78. The van der Waals surface area contributed by atoms with E-state index in [1.165, 1.54) is 32.2 Å². The highest BCUT2D eigenvalue weighted by Gasteiger charge is 2.22. The van der Waals surface area contributed by atoms with E-state index in [-0.39, 0.29) is 0 Å². The van der Waals surface area contributed by atoms with E-state index in [9.17, 15) is 0 Å². The predicted octanol–water partition coefficient (Wildman–Crippen LogP) is 2.84. The second kappa shape index (κ2) is 5.83. The molecule has 1 saturated heterocycles. The van der Waals surface area contributed by atoms with Crippen LogP contribution in [0.1, 0.15) is 39.5 Å². The van der Waals surface area contributed by atoms with Gasteiger partial charge in [-0.05, 0) is 52.0 Å².